The van der Waals surface area contributed by atoms with Crippen molar-refractivity contribution in [2.75, 3.05) is 17.4 Å². The van der Waals surface area contributed by atoms with Crippen LogP contribution in [0, 0.1) is 6.92 Å². The Morgan fingerprint density at radius 2 is 2.07 bits per heavy atom. The minimum Gasteiger partial charge on any atom is -0.355 e. The van der Waals surface area contributed by atoms with Crippen molar-refractivity contribution in [3.05, 3.63) is 46.6 Å². The summed E-state index contributed by atoms with van der Waals surface area (Å²) in [5.74, 6) is -0.113. The molecule has 2 N–H and O–H groups in total. The Bertz CT molecular complexity index is 982. The summed E-state index contributed by atoms with van der Waals surface area (Å²) in [6, 6.07) is 6.50. The topological polar surface area (TPSA) is 86.7 Å². The molecule has 1 aliphatic heterocycles. The van der Waals surface area contributed by atoms with Crippen LogP contribution in [0.1, 0.15) is 22.3 Å². The van der Waals surface area contributed by atoms with Crippen molar-refractivity contribution in [1.29, 1.82) is 0 Å². The molecular formula is C18H20B2ClN5O2. The Hall–Kier alpha value is -2.80. The molecule has 3 rings (SSSR count). The molecule has 1 aromatic heterocycles. The number of carbonyl (C=O) groups is 2. The van der Waals surface area contributed by atoms with E-state index in [9.17, 15) is 9.59 Å². The van der Waals surface area contributed by atoms with Gasteiger partial charge in [-0.25, -0.2) is 9.99 Å². The van der Waals surface area contributed by atoms with Gasteiger partial charge in [0.1, 0.15) is 13.9 Å². The van der Waals surface area contributed by atoms with Crippen LogP contribution in [0.15, 0.2) is 35.6 Å². The van der Waals surface area contributed by atoms with Crippen molar-refractivity contribution in [2.24, 2.45) is 5.10 Å². The van der Waals surface area contributed by atoms with Crippen LogP contribution in [0.3, 0.4) is 0 Å². The minimum absolute atomic E-state index is 0.259. The fourth-order valence-corrected chi connectivity index (χ4v) is 3.47. The van der Waals surface area contributed by atoms with Crippen molar-refractivity contribution in [1.82, 2.24) is 10.3 Å². The highest BCUT2D eigenvalue weighted by molar-refractivity contribution is 6.60. The van der Waals surface area contributed by atoms with Gasteiger partial charge in [0.05, 0.1) is 16.3 Å². The Balaban J connectivity index is 1.93. The van der Waals surface area contributed by atoms with E-state index in [0.29, 0.717) is 28.5 Å². The van der Waals surface area contributed by atoms with E-state index < -0.39 is 6.04 Å². The molecule has 142 valence electrons. The van der Waals surface area contributed by atoms with Crippen LogP contribution in [0.5, 0.6) is 0 Å². The van der Waals surface area contributed by atoms with Crippen LogP contribution in [0.4, 0.5) is 11.5 Å². The van der Waals surface area contributed by atoms with Crippen LogP contribution >= 0.6 is 11.6 Å². The second kappa shape index (κ2) is 8.06. The van der Waals surface area contributed by atoms with Crippen molar-refractivity contribution in [3.63, 3.8) is 0 Å². The van der Waals surface area contributed by atoms with Crippen LogP contribution in [-0.4, -0.2) is 51.2 Å². The summed E-state index contributed by atoms with van der Waals surface area (Å²) in [5.41, 5.74) is 3.47. The number of nitrogens with one attached hydrogen (secondary N) is 2. The maximum Gasteiger partial charge on any atom is 0.253 e. The first-order chi connectivity index (χ1) is 13.3. The molecule has 7 nitrogen and oxygen atoms in total. The summed E-state index contributed by atoms with van der Waals surface area (Å²) in [7, 11) is 5.32. The van der Waals surface area contributed by atoms with E-state index >= 15 is 0 Å². The maximum absolute atomic E-state index is 13.1. The Kier molecular flexibility index (Phi) is 5.74. The zero-order valence-corrected chi connectivity index (χ0v) is 17.0. The number of hydrogen-bond donors (Lipinski definition) is 2. The molecular weight excluding hydrogens is 375 g/mol. The second-order valence-corrected chi connectivity index (χ2v) is 7.19. The van der Waals surface area contributed by atoms with Gasteiger partial charge in [-0.2, -0.15) is 5.10 Å². The molecule has 2 heterocycles. The van der Waals surface area contributed by atoms with Gasteiger partial charge in [-0.1, -0.05) is 29.2 Å². The smallest absolute Gasteiger partial charge is 0.253 e. The van der Waals surface area contributed by atoms with Gasteiger partial charge in [-0.05, 0) is 30.2 Å². The molecule has 1 unspecified atom stereocenters. The van der Waals surface area contributed by atoms with Gasteiger partial charge in [0.25, 0.3) is 5.91 Å². The lowest BCUT2D eigenvalue weighted by Crippen LogP contribution is -2.40. The van der Waals surface area contributed by atoms with Gasteiger partial charge < -0.3 is 10.6 Å². The average molecular weight is 395 g/mol. The number of hydrazone groups is 1. The average Bonchev–Trinajstić information content (AvgIpc) is 3.05. The predicted octanol–water partition coefficient (Wildman–Crippen LogP) is -0.175. The molecule has 0 saturated heterocycles. The largest absolute Gasteiger partial charge is 0.355 e. The highest BCUT2D eigenvalue weighted by Gasteiger charge is 2.34. The van der Waals surface area contributed by atoms with E-state index in [1.54, 1.807) is 31.4 Å². The Morgan fingerprint density at radius 1 is 1.32 bits per heavy atom. The number of hydrogen-bond acceptors (Lipinski definition) is 5. The molecule has 0 radical (unpaired) electrons. The number of rotatable bonds is 4. The first kappa shape index (κ1) is 19.9. The molecule has 0 bridgehead atoms. The zero-order chi connectivity index (χ0) is 20.4. The van der Waals surface area contributed by atoms with Gasteiger partial charge in [-0.3, -0.25) is 9.59 Å². The standard InChI is InChI=1S/C18H20B2ClN5O2/c1-9-6-10(19)7-11(17(27)22-2)15(9)24-18(28)13-8-14(20)25-26(13)16-12(21)4-3-5-23-16/h3-7,13H,8,19-20H2,1-2H3,(H,22,27)(H,24,28). The monoisotopic (exact) mass is 395 g/mol. The Labute approximate surface area is 170 Å². The van der Waals surface area contributed by atoms with Crippen molar-refractivity contribution in [2.45, 2.75) is 19.4 Å². The summed E-state index contributed by atoms with van der Waals surface area (Å²) < 4.78 is 0. The molecule has 1 aliphatic rings. The van der Waals surface area contributed by atoms with Crippen LogP contribution in [0.2, 0.25) is 5.02 Å². The minimum atomic E-state index is -0.606. The van der Waals surface area contributed by atoms with E-state index in [0.717, 1.165) is 16.6 Å². The van der Waals surface area contributed by atoms with Crippen LogP contribution < -0.4 is 21.1 Å². The first-order valence-corrected chi connectivity index (χ1v) is 9.27. The number of pyridine rings is 1. The lowest BCUT2D eigenvalue weighted by Gasteiger charge is -2.24. The molecule has 2 aromatic rings. The number of aryl methyl sites for hydroxylation is 1. The third-order valence-corrected chi connectivity index (χ3v) is 4.82. The van der Waals surface area contributed by atoms with Crippen LogP contribution in [0.25, 0.3) is 0 Å². The van der Waals surface area contributed by atoms with Crippen molar-refractivity contribution < 1.29 is 9.59 Å². The fraction of sp³-hybridized carbons (Fsp3) is 0.222. The molecule has 0 fully saturated rings. The third-order valence-electron chi connectivity index (χ3n) is 4.52. The number of amides is 2. The number of nitrogens with zero attached hydrogens (tertiary/aromatic N) is 3. The lowest BCUT2D eigenvalue weighted by atomic mass is 9.90. The fourth-order valence-electron chi connectivity index (χ4n) is 3.26. The highest BCUT2D eigenvalue weighted by atomic mass is 35.5. The number of benzene rings is 1. The second-order valence-electron chi connectivity index (χ2n) is 6.78. The molecule has 0 saturated carbocycles. The van der Waals surface area contributed by atoms with E-state index in [1.165, 1.54) is 5.01 Å². The maximum atomic E-state index is 13.1. The SMILES string of the molecule is BC1=NN(c2ncccc2Cl)C(C(=O)Nc2c(C)cc(B)cc2C(=O)NC)C1. The summed E-state index contributed by atoms with van der Waals surface area (Å²) in [6.45, 7) is 1.86. The van der Waals surface area contributed by atoms with E-state index in [4.69, 9.17) is 11.6 Å². The molecule has 1 atom stereocenters. The number of anilines is 2. The molecule has 28 heavy (non-hydrogen) atoms. The quantitative estimate of drug-likeness (QED) is 0.704. The van der Waals surface area contributed by atoms with Crippen LogP contribution in [-0.2, 0) is 4.79 Å². The lowest BCUT2D eigenvalue weighted by molar-refractivity contribution is -0.117. The van der Waals surface area contributed by atoms with Crippen molar-refractivity contribution in [3.8, 4) is 0 Å². The van der Waals surface area contributed by atoms with Crippen molar-refractivity contribution >= 4 is 61.7 Å². The molecule has 0 spiro atoms. The van der Waals surface area contributed by atoms with Gasteiger partial charge in [-0.15, -0.1) is 0 Å². The molecule has 0 aliphatic carbocycles. The van der Waals surface area contributed by atoms with E-state index in [1.807, 2.05) is 28.7 Å². The Morgan fingerprint density at radius 3 is 2.75 bits per heavy atom. The molecule has 2 amide bonds. The number of carbonyl (C=O) groups excluding carboxylic acids is 2. The van der Waals surface area contributed by atoms with E-state index in [2.05, 4.69) is 20.7 Å². The summed E-state index contributed by atoms with van der Waals surface area (Å²) in [4.78, 5) is 29.7. The molecule has 10 heteroatoms. The normalized spacial score (nSPS) is 15.9. The van der Waals surface area contributed by atoms with E-state index in [-0.39, 0.29) is 11.8 Å². The summed E-state index contributed by atoms with van der Waals surface area (Å²) in [5, 5.41) is 11.9. The van der Waals surface area contributed by atoms with Gasteiger partial charge in [0, 0.05) is 19.7 Å². The predicted molar refractivity (Wildman–Crippen MR) is 117 cm³/mol. The third kappa shape index (κ3) is 3.89. The number of halogens is 1. The molecule has 1 aromatic carbocycles. The van der Waals surface area contributed by atoms with Gasteiger partial charge in [0.2, 0.25) is 5.91 Å². The highest BCUT2D eigenvalue weighted by Crippen LogP contribution is 2.30. The summed E-state index contributed by atoms with van der Waals surface area (Å²) >= 11 is 6.25. The van der Waals surface area contributed by atoms with Gasteiger partial charge in [0.15, 0.2) is 13.7 Å². The number of aromatic nitrogens is 1. The van der Waals surface area contributed by atoms with Gasteiger partial charge >= 0.3 is 0 Å². The first-order valence-electron chi connectivity index (χ1n) is 8.89. The zero-order valence-electron chi connectivity index (χ0n) is 16.2. The summed E-state index contributed by atoms with van der Waals surface area (Å²) in [6.07, 6.45) is 2.05.